The zero-order valence-electron chi connectivity index (χ0n) is 11.0. The lowest BCUT2D eigenvalue weighted by molar-refractivity contribution is -0.114. The van der Waals surface area contributed by atoms with Crippen molar-refractivity contribution < 1.29 is 9.53 Å². The highest BCUT2D eigenvalue weighted by atomic mass is 16.5. The number of ether oxygens (including phenoxy) is 1. The molecule has 0 aliphatic carbocycles. The van der Waals surface area contributed by atoms with E-state index in [0.717, 1.165) is 30.1 Å². The molecule has 1 aromatic rings. The van der Waals surface area contributed by atoms with Crippen LogP contribution in [0.3, 0.4) is 0 Å². The van der Waals surface area contributed by atoms with Crippen LogP contribution in [0.4, 0.5) is 5.69 Å². The highest BCUT2D eigenvalue weighted by Gasteiger charge is 1.98. The number of likely N-dealkylation sites (N-methyl/N-ethyl adjacent to an activating group) is 1. The lowest BCUT2D eigenvalue weighted by atomic mass is 10.3. The van der Waals surface area contributed by atoms with Crippen LogP contribution >= 0.6 is 0 Å². The quantitative estimate of drug-likeness (QED) is 0.727. The van der Waals surface area contributed by atoms with Gasteiger partial charge in [-0.05, 0) is 36.4 Å². The molecule has 1 amide bonds. The monoisotopic (exact) mass is 248 g/mol. The van der Waals surface area contributed by atoms with E-state index >= 15 is 0 Å². The molecule has 0 radical (unpaired) electrons. The topological polar surface area (TPSA) is 50.4 Å². The molecule has 0 heterocycles. The Bertz CT molecular complexity index is 399. The Morgan fingerprint density at radius 2 is 2.00 bits per heavy atom. The summed E-state index contributed by atoms with van der Waals surface area (Å²) in [5.41, 5.74) is 1.77. The first-order chi connectivity index (χ1) is 8.61. The fraction of sp³-hybridized carbons (Fsp3) is 0.357. The molecular weight excluding hydrogens is 228 g/mol. The highest BCUT2D eigenvalue weighted by Crippen LogP contribution is 2.16. The van der Waals surface area contributed by atoms with Crippen molar-refractivity contribution >= 4 is 11.6 Å². The molecule has 0 fully saturated rings. The molecule has 18 heavy (non-hydrogen) atoms. The smallest absolute Gasteiger partial charge is 0.221 e. The van der Waals surface area contributed by atoms with E-state index in [1.54, 1.807) is 0 Å². The highest BCUT2D eigenvalue weighted by molar-refractivity contribution is 5.88. The van der Waals surface area contributed by atoms with Crippen LogP contribution in [-0.4, -0.2) is 25.6 Å². The van der Waals surface area contributed by atoms with Crippen LogP contribution in [0.5, 0.6) is 5.75 Å². The first-order valence-corrected chi connectivity index (χ1v) is 5.99. The van der Waals surface area contributed by atoms with Gasteiger partial charge < -0.3 is 15.4 Å². The minimum Gasteiger partial charge on any atom is -0.489 e. The first-order valence-electron chi connectivity index (χ1n) is 5.99. The molecule has 4 nitrogen and oxygen atoms in total. The number of hydrogen-bond acceptors (Lipinski definition) is 3. The maximum Gasteiger partial charge on any atom is 0.221 e. The number of nitrogens with one attached hydrogen (secondary N) is 2. The van der Waals surface area contributed by atoms with Gasteiger partial charge in [0.25, 0.3) is 0 Å². The number of benzene rings is 1. The summed E-state index contributed by atoms with van der Waals surface area (Å²) in [6.45, 7) is 9.63. The van der Waals surface area contributed by atoms with E-state index in [1.165, 1.54) is 6.92 Å². The Labute approximate surface area is 108 Å². The van der Waals surface area contributed by atoms with Crippen LogP contribution in [-0.2, 0) is 4.79 Å². The van der Waals surface area contributed by atoms with Crippen molar-refractivity contribution in [1.82, 2.24) is 5.32 Å². The van der Waals surface area contributed by atoms with Crippen LogP contribution in [0.2, 0.25) is 0 Å². The minimum absolute atomic E-state index is 0.0808. The molecule has 0 spiro atoms. The summed E-state index contributed by atoms with van der Waals surface area (Å²) in [5.74, 6) is 0.685. The summed E-state index contributed by atoms with van der Waals surface area (Å²) in [6.07, 6.45) is 0. The van der Waals surface area contributed by atoms with Crippen LogP contribution < -0.4 is 15.4 Å². The summed E-state index contributed by atoms with van der Waals surface area (Å²) in [7, 11) is 0. The predicted molar refractivity (Wildman–Crippen MR) is 73.9 cm³/mol. The van der Waals surface area contributed by atoms with Crippen molar-refractivity contribution in [2.75, 3.05) is 25.0 Å². The molecule has 4 heteroatoms. The normalized spacial score (nSPS) is 9.89. The minimum atomic E-state index is -0.0808. The van der Waals surface area contributed by atoms with Gasteiger partial charge in [0.05, 0.1) is 0 Å². The van der Waals surface area contributed by atoms with Gasteiger partial charge in [0, 0.05) is 19.2 Å². The molecule has 0 bridgehead atoms. The molecule has 0 aliphatic heterocycles. The fourth-order valence-electron chi connectivity index (χ4n) is 1.38. The predicted octanol–water partition coefficient (Wildman–Crippen LogP) is 2.19. The molecule has 98 valence electrons. The van der Waals surface area contributed by atoms with Gasteiger partial charge in [-0.15, -0.1) is 0 Å². The largest absolute Gasteiger partial charge is 0.489 e. The van der Waals surface area contributed by atoms with E-state index in [1.807, 2.05) is 24.3 Å². The number of anilines is 1. The summed E-state index contributed by atoms with van der Waals surface area (Å²) >= 11 is 0. The van der Waals surface area contributed by atoms with Crippen LogP contribution in [0.1, 0.15) is 13.8 Å². The molecule has 0 saturated carbocycles. The maximum atomic E-state index is 10.9. The third-order valence-corrected chi connectivity index (χ3v) is 2.24. The Morgan fingerprint density at radius 1 is 1.33 bits per heavy atom. The van der Waals surface area contributed by atoms with Gasteiger partial charge in [-0.2, -0.15) is 0 Å². The number of rotatable bonds is 7. The summed E-state index contributed by atoms with van der Waals surface area (Å²) < 4.78 is 5.57. The first kappa shape index (κ1) is 14.3. The van der Waals surface area contributed by atoms with Crippen molar-refractivity contribution in [1.29, 1.82) is 0 Å². The van der Waals surface area contributed by atoms with Gasteiger partial charge in [-0.25, -0.2) is 0 Å². The van der Waals surface area contributed by atoms with E-state index in [0.29, 0.717) is 6.61 Å². The molecule has 0 aromatic heterocycles. The standard InChI is InChI=1S/C14H20N2O2/c1-4-15-9-11(2)10-18-14-7-5-13(6-8-14)16-12(3)17/h5-8,15H,2,4,9-10H2,1,3H3,(H,16,17). The third kappa shape index (κ3) is 5.50. The molecule has 0 saturated heterocycles. The maximum absolute atomic E-state index is 10.9. The van der Waals surface area contributed by atoms with Gasteiger partial charge in [0.1, 0.15) is 12.4 Å². The SMILES string of the molecule is C=C(CNCC)COc1ccc(NC(C)=O)cc1. The van der Waals surface area contributed by atoms with E-state index in [-0.39, 0.29) is 5.91 Å². The van der Waals surface area contributed by atoms with Crippen LogP contribution in [0.25, 0.3) is 0 Å². The van der Waals surface area contributed by atoms with Crippen molar-refractivity contribution in [3.8, 4) is 5.75 Å². The third-order valence-electron chi connectivity index (χ3n) is 2.24. The van der Waals surface area contributed by atoms with Crippen molar-refractivity contribution in [2.45, 2.75) is 13.8 Å². The van der Waals surface area contributed by atoms with Crippen molar-refractivity contribution in [3.63, 3.8) is 0 Å². The zero-order valence-corrected chi connectivity index (χ0v) is 11.0. The second kappa shape index (κ2) is 7.50. The van der Waals surface area contributed by atoms with Gasteiger partial charge in [0.2, 0.25) is 5.91 Å². The van der Waals surface area contributed by atoms with Gasteiger partial charge >= 0.3 is 0 Å². The second-order valence-corrected chi connectivity index (χ2v) is 4.02. The second-order valence-electron chi connectivity index (χ2n) is 4.02. The molecule has 0 aliphatic rings. The van der Waals surface area contributed by atoms with Gasteiger partial charge in [-0.3, -0.25) is 4.79 Å². The summed E-state index contributed by atoms with van der Waals surface area (Å²) in [5, 5.41) is 5.89. The number of hydrogen-bond donors (Lipinski definition) is 2. The molecule has 0 atom stereocenters. The number of carbonyl (C=O) groups excluding carboxylic acids is 1. The molecule has 1 rings (SSSR count). The molecule has 2 N–H and O–H groups in total. The van der Waals surface area contributed by atoms with Crippen LogP contribution in [0.15, 0.2) is 36.4 Å². The van der Waals surface area contributed by atoms with Crippen LogP contribution in [0, 0.1) is 0 Å². The van der Waals surface area contributed by atoms with E-state index in [4.69, 9.17) is 4.74 Å². The van der Waals surface area contributed by atoms with Gasteiger partial charge in [0.15, 0.2) is 0 Å². The molecular formula is C14H20N2O2. The Balaban J connectivity index is 2.39. The average molecular weight is 248 g/mol. The molecule has 1 aromatic carbocycles. The number of carbonyl (C=O) groups is 1. The molecule has 0 unspecified atom stereocenters. The average Bonchev–Trinajstić information content (AvgIpc) is 2.35. The van der Waals surface area contributed by atoms with E-state index < -0.39 is 0 Å². The Hall–Kier alpha value is -1.81. The van der Waals surface area contributed by atoms with Crippen molar-refractivity contribution in [2.24, 2.45) is 0 Å². The Morgan fingerprint density at radius 3 is 2.56 bits per heavy atom. The lowest BCUT2D eigenvalue weighted by Crippen LogP contribution is -2.18. The summed E-state index contributed by atoms with van der Waals surface area (Å²) in [4.78, 5) is 10.9. The number of amides is 1. The lowest BCUT2D eigenvalue weighted by Gasteiger charge is -2.09. The van der Waals surface area contributed by atoms with Gasteiger partial charge in [-0.1, -0.05) is 13.5 Å². The van der Waals surface area contributed by atoms with Crippen molar-refractivity contribution in [3.05, 3.63) is 36.4 Å². The summed E-state index contributed by atoms with van der Waals surface area (Å²) in [6, 6.07) is 7.27. The van der Waals surface area contributed by atoms with E-state index in [9.17, 15) is 4.79 Å². The van der Waals surface area contributed by atoms with E-state index in [2.05, 4.69) is 24.1 Å². The fourth-order valence-corrected chi connectivity index (χ4v) is 1.38. The zero-order chi connectivity index (χ0) is 13.4. The Kier molecular flexibility index (Phi) is 5.94.